The lowest BCUT2D eigenvalue weighted by Crippen LogP contribution is -2.39. The van der Waals surface area contributed by atoms with Crippen molar-refractivity contribution in [1.82, 2.24) is 20.2 Å². The van der Waals surface area contributed by atoms with E-state index >= 15 is 0 Å². The number of hydrogen-bond acceptors (Lipinski definition) is 4. The third-order valence-electron chi connectivity index (χ3n) is 3.99. The van der Waals surface area contributed by atoms with Crippen molar-refractivity contribution < 1.29 is 9.53 Å². The van der Waals surface area contributed by atoms with Crippen molar-refractivity contribution >= 4 is 11.9 Å². The Kier molecular flexibility index (Phi) is 7.67. The number of hydrogen-bond donors (Lipinski definition) is 2. The molecule has 0 radical (unpaired) electrons. The lowest BCUT2D eigenvalue weighted by atomic mass is 10.2. The van der Waals surface area contributed by atoms with Crippen LogP contribution in [0, 0.1) is 0 Å². The minimum absolute atomic E-state index is 0.168. The normalized spacial score (nSPS) is 11.3. The van der Waals surface area contributed by atoms with E-state index in [9.17, 15) is 4.79 Å². The van der Waals surface area contributed by atoms with Crippen molar-refractivity contribution in [3.63, 3.8) is 0 Å². The number of aromatic amines is 1. The van der Waals surface area contributed by atoms with Crippen molar-refractivity contribution in [2.45, 2.75) is 25.8 Å². The van der Waals surface area contributed by atoms with Crippen molar-refractivity contribution in [3.8, 4) is 11.3 Å². The lowest BCUT2D eigenvalue weighted by molar-refractivity contribution is -0.140. The lowest BCUT2D eigenvalue weighted by Gasteiger charge is -2.21. The molecule has 0 bridgehead atoms. The molecule has 1 aromatic carbocycles. The van der Waals surface area contributed by atoms with Crippen LogP contribution >= 0.6 is 0 Å². The first-order chi connectivity index (χ1) is 12.6. The van der Waals surface area contributed by atoms with Crippen LogP contribution in [-0.2, 0) is 16.1 Å². The summed E-state index contributed by atoms with van der Waals surface area (Å²) in [5.74, 6) is 1.50. The molecule has 0 unspecified atom stereocenters. The number of benzene rings is 1. The van der Waals surface area contributed by atoms with Gasteiger partial charge >= 0.3 is 5.97 Å². The first-order valence-corrected chi connectivity index (χ1v) is 8.72. The molecule has 0 aliphatic rings. The molecule has 0 fully saturated rings. The molecule has 0 saturated carbocycles. The quantitative estimate of drug-likeness (QED) is 0.328. The number of carbonyl (C=O) groups excluding carboxylic acids is 1. The molecule has 0 atom stereocenters. The zero-order valence-electron chi connectivity index (χ0n) is 15.7. The molecule has 2 aromatic rings. The number of methoxy groups -OCH3 is 1. The van der Waals surface area contributed by atoms with Gasteiger partial charge in [0, 0.05) is 27.1 Å². The maximum atomic E-state index is 11.1. The summed E-state index contributed by atoms with van der Waals surface area (Å²) in [7, 11) is 5.13. The van der Waals surface area contributed by atoms with Gasteiger partial charge in [0.1, 0.15) is 5.82 Å². The summed E-state index contributed by atoms with van der Waals surface area (Å²) >= 11 is 0. The fourth-order valence-corrected chi connectivity index (χ4v) is 2.59. The molecule has 0 amide bonds. The summed E-state index contributed by atoms with van der Waals surface area (Å²) in [6.45, 7) is 1.37. The molecule has 1 aromatic heterocycles. The van der Waals surface area contributed by atoms with Gasteiger partial charge in [-0.25, -0.2) is 4.98 Å². The van der Waals surface area contributed by atoms with E-state index in [1.165, 1.54) is 7.11 Å². The minimum atomic E-state index is -0.168. The number of unbranched alkanes of at least 4 members (excludes halogenated alkanes) is 1. The van der Waals surface area contributed by atoms with E-state index in [-0.39, 0.29) is 5.97 Å². The monoisotopic (exact) mass is 357 g/mol. The third-order valence-corrected chi connectivity index (χ3v) is 3.99. The van der Waals surface area contributed by atoms with E-state index in [0.29, 0.717) is 13.0 Å². The standard InChI is InChI=1S/C19H27N5O2/c1-20-19(21-12-8-7-11-18(25)26-3)24(2)14-17-22-13-16(23-17)15-9-5-4-6-10-15/h4-6,9-10,13H,7-8,11-12,14H2,1-3H3,(H,20,21)(H,22,23). The molecule has 26 heavy (non-hydrogen) atoms. The van der Waals surface area contributed by atoms with Crippen LogP contribution in [0.15, 0.2) is 41.5 Å². The van der Waals surface area contributed by atoms with E-state index in [1.54, 1.807) is 7.05 Å². The molecule has 7 nitrogen and oxygen atoms in total. The predicted molar refractivity (Wildman–Crippen MR) is 103 cm³/mol. The van der Waals surface area contributed by atoms with Gasteiger partial charge < -0.3 is 19.9 Å². The number of guanidine groups is 1. The fraction of sp³-hybridized carbons (Fsp3) is 0.421. The number of aliphatic imine (C=N–C) groups is 1. The van der Waals surface area contributed by atoms with Crippen LogP contribution in [0.1, 0.15) is 25.1 Å². The number of nitrogens with zero attached hydrogens (tertiary/aromatic N) is 3. The fourth-order valence-electron chi connectivity index (χ4n) is 2.59. The second-order valence-electron chi connectivity index (χ2n) is 5.97. The Hall–Kier alpha value is -2.83. The second kappa shape index (κ2) is 10.2. The zero-order valence-corrected chi connectivity index (χ0v) is 15.7. The molecular formula is C19H27N5O2. The maximum absolute atomic E-state index is 11.1. The van der Waals surface area contributed by atoms with E-state index in [2.05, 4.69) is 37.1 Å². The number of nitrogens with one attached hydrogen (secondary N) is 2. The molecule has 2 rings (SSSR count). The smallest absolute Gasteiger partial charge is 0.305 e. The largest absolute Gasteiger partial charge is 0.469 e. The number of H-pyrrole nitrogens is 1. The number of rotatable bonds is 8. The van der Waals surface area contributed by atoms with Crippen LogP contribution in [0.5, 0.6) is 0 Å². The number of esters is 1. The minimum Gasteiger partial charge on any atom is -0.469 e. The average Bonchev–Trinajstić information content (AvgIpc) is 3.13. The SMILES string of the molecule is CN=C(NCCCCC(=O)OC)N(C)Cc1ncc(-c2ccccc2)[nH]1. The predicted octanol–water partition coefficient (Wildman–Crippen LogP) is 2.43. The first-order valence-electron chi connectivity index (χ1n) is 8.72. The Morgan fingerprint density at radius 1 is 1.31 bits per heavy atom. The molecule has 1 heterocycles. The Morgan fingerprint density at radius 3 is 2.77 bits per heavy atom. The number of imidazole rings is 1. The van der Waals surface area contributed by atoms with Crippen molar-refractivity contribution in [2.24, 2.45) is 4.99 Å². The summed E-state index contributed by atoms with van der Waals surface area (Å²) in [6, 6.07) is 10.1. The summed E-state index contributed by atoms with van der Waals surface area (Å²) in [5.41, 5.74) is 2.11. The van der Waals surface area contributed by atoms with Gasteiger partial charge in [-0.15, -0.1) is 0 Å². The Bertz CT molecular complexity index is 712. The van der Waals surface area contributed by atoms with Crippen molar-refractivity contribution in [3.05, 3.63) is 42.4 Å². The third kappa shape index (κ3) is 5.91. The molecule has 0 spiro atoms. The first kappa shape index (κ1) is 19.5. The number of ether oxygens (including phenoxy) is 1. The molecule has 2 N–H and O–H groups in total. The van der Waals surface area contributed by atoms with Gasteiger partial charge in [0.15, 0.2) is 5.96 Å². The van der Waals surface area contributed by atoms with Gasteiger partial charge in [-0.05, 0) is 18.4 Å². The van der Waals surface area contributed by atoms with Crippen LogP contribution in [0.4, 0.5) is 0 Å². The van der Waals surface area contributed by atoms with E-state index in [0.717, 1.165) is 42.4 Å². The van der Waals surface area contributed by atoms with Crippen LogP contribution in [0.2, 0.25) is 0 Å². The second-order valence-corrected chi connectivity index (χ2v) is 5.97. The zero-order chi connectivity index (χ0) is 18.8. The molecule has 7 heteroatoms. The Morgan fingerprint density at radius 2 is 2.08 bits per heavy atom. The summed E-state index contributed by atoms with van der Waals surface area (Å²) in [5, 5.41) is 3.30. The Balaban J connectivity index is 1.81. The van der Waals surface area contributed by atoms with E-state index < -0.39 is 0 Å². The molecular weight excluding hydrogens is 330 g/mol. The van der Waals surface area contributed by atoms with Crippen molar-refractivity contribution in [1.29, 1.82) is 0 Å². The van der Waals surface area contributed by atoms with Gasteiger partial charge in [0.25, 0.3) is 0 Å². The topological polar surface area (TPSA) is 82.6 Å². The number of aromatic nitrogens is 2. The summed E-state index contributed by atoms with van der Waals surface area (Å²) in [4.78, 5) is 25.2. The van der Waals surface area contributed by atoms with Crippen LogP contribution < -0.4 is 5.32 Å². The molecule has 0 saturated heterocycles. The highest BCUT2D eigenvalue weighted by Gasteiger charge is 2.09. The van der Waals surface area contributed by atoms with Crippen molar-refractivity contribution in [2.75, 3.05) is 27.7 Å². The summed E-state index contributed by atoms with van der Waals surface area (Å²) < 4.78 is 4.64. The maximum Gasteiger partial charge on any atom is 0.305 e. The van der Waals surface area contributed by atoms with Gasteiger partial charge in [-0.3, -0.25) is 9.79 Å². The van der Waals surface area contributed by atoms with E-state index in [4.69, 9.17) is 0 Å². The van der Waals surface area contributed by atoms with Crippen LogP contribution in [0.3, 0.4) is 0 Å². The van der Waals surface area contributed by atoms with Crippen LogP contribution in [0.25, 0.3) is 11.3 Å². The highest BCUT2D eigenvalue weighted by atomic mass is 16.5. The van der Waals surface area contributed by atoms with Gasteiger partial charge in [0.05, 0.1) is 25.5 Å². The summed E-state index contributed by atoms with van der Waals surface area (Å²) in [6.07, 6.45) is 3.96. The van der Waals surface area contributed by atoms with Crippen LogP contribution in [-0.4, -0.2) is 54.5 Å². The van der Waals surface area contributed by atoms with Gasteiger partial charge in [0.2, 0.25) is 0 Å². The van der Waals surface area contributed by atoms with E-state index in [1.807, 2.05) is 36.3 Å². The highest BCUT2D eigenvalue weighted by Crippen LogP contribution is 2.16. The molecule has 140 valence electrons. The van der Waals surface area contributed by atoms with Gasteiger partial charge in [-0.1, -0.05) is 30.3 Å². The van der Waals surface area contributed by atoms with Gasteiger partial charge in [-0.2, -0.15) is 0 Å². The average molecular weight is 357 g/mol. The molecule has 0 aliphatic heterocycles. The molecule has 0 aliphatic carbocycles. The number of carbonyl (C=O) groups is 1. The highest BCUT2D eigenvalue weighted by molar-refractivity contribution is 5.79. The Labute approximate surface area is 154 Å².